The van der Waals surface area contributed by atoms with Gasteiger partial charge in [-0.25, -0.2) is 4.79 Å². The fourth-order valence-corrected chi connectivity index (χ4v) is 3.39. The van der Waals surface area contributed by atoms with Gasteiger partial charge >= 0.3 is 12.3 Å². The van der Waals surface area contributed by atoms with E-state index in [1.54, 1.807) is 25.1 Å². The lowest BCUT2D eigenvalue weighted by molar-refractivity contribution is -0.138. The minimum Gasteiger partial charge on any atom is -0.457 e. The number of rotatable bonds is 5. The Kier molecular flexibility index (Phi) is 6.05. The Morgan fingerprint density at radius 3 is 2.50 bits per heavy atom. The SMILES string of the molecule is CCc1cc(Oc2cc(C)c(C(F)(F)F)cc2C)ccc1CC1OC(=O)NCC1=O. The molecule has 0 spiro atoms. The number of carbonyl (C=O) groups excluding carboxylic acids is 2. The summed E-state index contributed by atoms with van der Waals surface area (Å²) in [6.45, 7) is 4.84. The highest BCUT2D eigenvalue weighted by Crippen LogP contribution is 2.37. The number of ether oxygens (including phenoxy) is 2. The summed E-state index contributed by atoms with van der Waals surface area (Å²) in [5, 5.41) is 2.33. The van der Waals surface area contributed by atoms with Crippen LogP contribution in [-0.2, 0) is 28.5 Å². The van der Waals surface area contributed by atoms with Gasteiger partial charge in [-0.05, 0) is 66.8 Å². The number of aryl methyl sites for hydroxylation is 3. The van der Waals surface area contributed by atoms with Crippen LogP contribution in [0.1, 0.15) is 34.7 Å². The lowest BCUT2D eigenvalue weighted by Gasteiger charge is -2.23. The number of carbonyl (C=O) groups is 2. The first-order chi connectivity index (χ1) is 14.1. The van der Waals surface area contributed by atoms with Crippen molar-refractivity contribution < 1.29 is 32.2 Å². The number of amides is 1. The number of cyclic esters (lactones) is 1. The lowest BCUT2D eigenvalue weighted by atomic mass is 9.97. The van der Waals surface area contributed by atoms with Crippen LogP contribution >= 0.6 is 0 Å². The standard InChI is InChI=1S/C22H22F3NO4/c1-4-14-9-16(6-5-15(14)10-20-18(27)11-26-21(28)30-20)29-19-8-12(2)17(7-13(19)3)22(23,24)25/h5-9,20H,4,10-11H2,1-3H3,(H,26,28). The first-order valence-corrected chi connectivity index (χ1v) is 9.53. The first-order valence-electron chi connectivity index (χ1n) is 9.53. The molecule has 1 fully saturated rings. The number of alkyl carbamates (subject to hydrolysis) is 1. The molecule has 2 aromatic carbocycles. The van der Waals surface area contributed by atoms with Crippen LogP contribution in [0.15, 0.2) is 30.3 Å². The van der Waals surface area contributed by atoms with E-state index in [4.69, 9.17) is 9.47 Å². The Labute approximate surface area is 172 Å². The third-order valence-corrected chi connectivity index (χ3v) is 5.03. The van der Waals surface area contributed by atoms with Crippen molar-refractivity contribution in [1.82, 2.24) is 5.32 Å². The summed E-state index contributed by atoms with van der Waals surface area (Å²) in [7, 11) is 0. The number of nitrogens with one attached hydrogen (secondary N) is 1. The van der Waals surface area contributed by atoms with Crippen molar-refractivity contribution in [1.29, 1.82) is 0 Å². The van der Waals surface area contributed by atoms with Gasteiger partial charge in [0.15, 0.2) is 11.9 Å². The zero-order valence-corrected chi connectivity index (χ0v) is 16.9. The molecule has 1 amide bonds. The summed E-state index contributed by atoms with van der Waals surface area (Å²) in [6.07, 6.45) is -4.97. The summed E-state index contributed by atoms with van der Waals surface area (Å²) >= 11 is 0. The Morgan fingerprint density at radius 2 is 1.83 bits per heavy atom. The number of halogens is 3. The summed E-state index contributed by atoms with van der Waals surface area (Å²) < 4.78 is 50.2. The number of benzene rings is 2. The molecule has 1 aliphatic rings. The number of hydrogen-bond acceptors (Lipinski definition) is 4. The smallest absolute Gasteiger partial charge is 0.416 e. The third kappa shape index (κ3) is 4.75. The molecule has 0 saturated carbocycles. The van der Waals surface area contributed by atoms with E-state index in [2.05, 4.69) is 5.32 Å². The Hall–Kier alpha value is -3.03. The molecule has 0 aliphatic carbocycles. The zero-order chi connectivity index (χ0) is 22.1. The van der Waals surface area contributed by atoms with E-state index in [1.807, 2.05) is 6.92 Å². The fraction of sp³-hybridized carbons (Fsp3) is 0.364. The van der Waals surface area contributed by atoms with Crippen LogP contribution in [-0.4, -0.2) is 24.5 Å². The van der Waals surface area contributed by atoms with Gasteiger partial charge in [0.05, 0.1) is 12.1 Å². The van der Waals surface area contributed by atoms with Crippen molar-refractivity contribution >= 4 is 11.9 Å². The van der Waals surface area contributed by atoms with Crippen LogP contribution in [0.3, 0.4) is 0 Å². The van der Waals surface area contributed by atoms with Crippen LogP contribution in [0.5, 0.6) is 11.5 Å². The largest absolute Gasteiger partial charge is 0.457 e. The second kappa shape index (κ2) is 8.38. The van der Waals surface area contributed by atoms with E-state index >= 15 is 0 Å². The van der Waals surface area contributed by atoms with Crippen LogP contribution in [0, 0.1) is 13.8 Å². The maximum atomic E-state index is 13.1. The number of Topliss-reactive ketones (excluding diaryl/α,β-unsaturated/α-hetero) is 1. The third-order valence-electron chi connectivity index (χ3n) is 5.03. The second-order valence-corrected chi connectivity index (χ2v) is 7.23. The summed E-state index contributed by atoms with van der Waals surface area (Å²) in [5.41, 5.74) is 1.52. The van der Waals surface area contributed by atoms with Gasteiger partial charge < -0.3 is 14.8 Å². The van der Waals surface area contributed by atoms with Gasteiger partial charge in [0, 0.05) is 6.42 Å². The van der Waals surface area contributed by atoms with E-state index in [0.29, 0.717) is 23.5 Å². The summed E-state index contributed by atoms with van der Waals surface area (Å²) in [4.78, 5) is 23.4. The molecule has 1 unspecified atom stereocenters. The monoisotopic (exact) mass is 421 g/mol. The molecular formula is C22H22F3NO4. The van der Waals surface area contributed by atoms with Gasteiger partial charge in [-0.3, -0.25) is 4.79 Å². The zero-order valence-electron chi connectivity index (χ0n) is 16.9. The molecule has 5 nitrogen and oxygen atoms in total. The number of hydrogen-bond donors (Lipinski definition) is 1. The average molecular weight is 421 g/mol. The van der Waals surface area contributed by atoms with E-state index in [0.717, 1.165) is 17.2 Å². The molecule has 160 valence electrons. The first kappa shape index (κ1) is 21.7. The summed E-state index contributed by atoms with van der Waals surface area (Å²) in [6, 6.07) is 7.72. The number of ketones is 1. The summed E-state index contributed by atoms with van der Waals surface area (Å²) in [5.74, 6) is 0.622. The minimum atomic E-state index is -4.42. The van der Waals surface area contributed by atoms with Gasteiger partial charge in [0.2, 0.25) is 0 Å². The molecule has 30 heavy (non-hydrogen) atoms. The Morgan fingerprint density at radius 1 is 1.10 bits per heavy atom. The molecule has 1 aliphatic heterocycles. The van der Waals surface area contributed by atoms with Gasteiger partial charge in [0.25, 0.3) is 0 Å². The average Bonchev–Trinajstić information content (AvgIpc) is 2.67. The highest BCUT2D eigenvalue weighted by molar-refractivity contribution is 5.92. The topological polar surface area (TPSA) is 64.6 Å². The van der Waals surface area contributed by atoms with Crippen LogP contribution < -0.4 is 10.1 Å². The maximum Gasteiger partial charge on any atom is 0.416 e. The van der Waals surface area contributed by atoms with Crippen molar-refractivity contribution in [2.75, 3.05) is 6.54 Å². The Balaban J connectivity index is 1.82. The predicted octanol–water partition coefficient (Wildman–Crippen LogP) is 4.90. The highest BCUT2D eigenvalue weighted by atomic mass is 19.4. The lowest BCUT2D eigenvalue weighted by Crippen LogP contribution is -2.46. The van der Waals surface area contributed by atoms with Crippen molar-refractivity contribution in [2.24, 2.45) is 0 Å². The molecular weight excluding hydrogens is 399 g/mol. The van der Waals surface area contributed by atoms with Crippen LogP contribution in [0.2, 0.25) is 0 Å². The second-order valence-electron chi connectivity index (χ2n) is 7.23. The predicted molar refractivity (Wildman–Crippen MR) is 104 cm³/mol. The van der Waals surface area contributed by atoms with Crippen LogP contribution in [0.4, 0.5) is 18.0 Å². The molecule has 1 heterocycles. The molecule has 1 N–H and O–H groups in total. The van der Waals surface area contributed by atoms with E-state index in [1.165, 1.54) is 13.0 Å². The normalized spacial score (nSPS) is 16.8. The number of alkyl halides is 3. The molecule has 0 radical (unpaired) electrons. The van der Waals surface area contributed by atoms with E-state index in [-0.39, 0.29) is 24.3 Å². The van der Waals surface area contributed by atoms with E-state index < -0.39 is 23.9 Å². The Bertz CT molecular complexity index is 985. The van der Waals surface area contributed by atoms with Crippen molar-refractivity contribution in [3.05, 3.63) is 58.1 Å². The molecule has 8 heteroatoms. The maximum absolute atomic E-state index is 13.1. The molecule has 3 rings (SSSR count). The minimum absolute atomic E-state index is 0.0568. The van der Waals surface area contributed by atoms with Gasteiger partial charge in [0.1, 0.15) is 11.5 Å². The molecule has 0 aromatic heterocycles. The fourth-order valence-electron chi connectivity index (χ4n) is 3.39. The quantitative estimate of drug-likeness (QED) is 0.746. The van der Waals surface area contributed by atoms with Crippen molar-refractivity contribution in [3.8, 4) is 11.5 Å². The highest BCUT2D eigenvalue weighted by Gasteiger charge is 2.33. The van der Waals surface area contributed by atoms with Crippen molar-refractivity contribution in [3.63, 3.8) is 0 Å². The van der Waals surface area contributed by atoms with Crippen LogP contribution in [0.25, 0.3) is 0 Å². The van der Waals surface area contributed by atoms with Gasteiger partial charge in [-0.2, -0.15) is 13.2 Å². The van der Waals surface area contributed by atoms with E-state index in [9.17, 15) is 22.8 Å². The van der Waals surface area contributed by atoms with Crippen molar-refractivity contribution in [2.45, 2.75) is 45.9 Å². The molecule has 1 atom stereocenters. The molecule has 1 saturated heterocycles. The van der Waals surface area contributed by atoms with Gasteiger partial charge in [-0.15, -0.1) is 0 Å². The molecule has 0 bridgehead atoms. The van der Waals surface area contributed by atoms with Gasteiger partial charge in [-0.1, -0.05) is 13.0 Å². The molecule has 2 aromatic rings.